The van der Waals surface area contributed by atoms with Crippen LogP contribution in [0.5, 0.6) is 0 Å². The van der Waals surface area contributed by atoms with Crippen molar-refractivity contribution in [3.8, 4) is 0 Å². The molecule has 0 spiro atoms. The fourth-order valence-electron chi connectivity index (χ4n) is 3.66. The summed E-state index contributed by atoms with van der Waals surface area (Å²) in [5, 5.41) is 3.12. The van der Waals surface area contributed by atoms with E-state index in [1.165, 1.54) is 77.3 Å². The molecule has 0 aliphatic carbocycles. The zero-order valence-electron chi connectivity index (χ0n) is 20.3. The third-order valence-corrected chi connectivity index (χ3v) is 5.61. The van der Waals surface area contributed by atoms with Crippen LogP contribution in [0.1, 0.15) is 90.4 Å². The number of hydrogen-bond acceptors (Lipinski definition) is 1. The molecule has 4 heteroatoms. The first kappa shape index (κ1) is 27.4. The Morgan fingerprint density at radius 3 is 1.71 bits per heavy atom. The molecule has 0 aromatic rings. The molecule has 0 unspecified atom stereocenters. The summed E-state index contributed by atoms with van der Waals surface area (Å²) in [6.07, 6.45) is 16.1. The molecule has 0 atom stereocenters. The van der Waals surface area contributed by atoms with E-state index in [9.17, 15) is 4.79 Å². The first-order valence-corrected chi connectivity index (χ1v) is 12.1. The van der Waals surface area contributed by atoms with Crippen LogP contribution in [0.15, 0.2) is 0 Å². The summed E-state index contributed by atoms with van der Waals surface area (Å²) in [4.78, 5) is 12.0. The third kappa shape index (κ3) is 20.1. The molecule has 0 saturated heterocycles. The average molecular weight is 400 g/mol. The minimum absolute atomic E-state index is 0.246. The van der Waals surface area contributed by atoms with E-state index in [-0.39, 0.29) is 5.91 Å². The van der Waals surface area contributed by atoms with Gasteiger partial charge in [-0.2, -0.15) is 0 Å². The van der Waals surface area contributed by atoms with Crippen LogP contribution in [0.25, 0.3) is 0 Å². The van der Waals surface area contributed by atoms with Gasteiger partial charge in [0.1, 0.15) is 0 Å². The van der Waals surface area contributed by atoms with Crippen LogP contribution in [0.3, 0.4) is 0 Å². The standard InChI is InChI=1S/C24H52N3O/c1-7-8-9-10-11-12-13-14-15-19-24(28)25-20-18-23-27(5,6)22-17-16-21-26(2,3)4/h7-23H2,1-6H3/q+1/p+1. The number of carbonyl (C=O) groups excluding carboxylic acids is 1. The van der Waals surface area contributed by atoms with E-state index in [2.05, 4.69) is 47.5 Å². The van der Waals surface area contributed by atoms with Crippen molar-refractivity contribution in [2.75, 3.05) is 61.4 Å². The van der Waals surface area contributed by atoms with E-state index in [1.54, 1.807) is 0 Å². The van der Waals surface area contributed by atoms with Crippen LogP contribution >= 0.6 is 0 Å². The number of amides is 1. The van der Waals surface area contributed by atoms with E-state index >= 15 is 0 Å². The Morgan fingerprint density at radius 2 is 1.14 bits per heavy atom. The molecule has 1 N–H and O–H groups in total. The minimum atomic E-state index is 0.246. The molecular formula is C24H53N3O+2. The summed E-state index contributed by atoms with van der Waals surface area (Å²) in [7, 11) is 11.4. The Balaban J connectivity index is 3.52. The van der Waals surface area contributed by atoms with Gasteiger partial charge < -0.3 is 14.3 Å². The van der Waals surface area contributed by atoms with Gasteiger partial charge in [0.25, 0.3) is 0 Å². The first-order chi connectivity index (χ1) is 13.2. The summed E-state index contributed by atoms with van der Waals surface area (Å²) in [5.74, 6) is 0.246. The Bertz CT molecular complexity index is 375. The lowest BCUT2D eigenvalue weighted by molar-refractivity contribution is -0.892. The highest BCUT2D eigenvalue weighted by atomic mass is 16.1. The average Bonchev–Trinajstić information content (AvgIpc) is 2.60. The summed E-state index contributed by atoms with van der Waals surface area (Å²) in [6, 6.07) is 0. The highest BCUT2D eigenvalue weighted by Gasteiger charge is 2.15. The molecule has 28 heavy (non-hydrogen) atoms. The van der Waals surface area contributed by atoms with Gasteiger partial charge in [-0.3, -0.25) is 4.79 Å². The first-order valence-electron chi connectivity index (χ1n) is 12.1. The van der Waals surface area contributed by atoms with Crippen LogP contribution in [-0.4, -0.2) is 76.3 Å². The molecule has 0 aliphatic rings. The number of quaternary nitrogens is 2. The molecule has 0 bridgehead atoms. The van der Waals surface area contributed by atoms with Crippen LogP contribution in [0, 0.1) is 0 Å². The van der Waals surface area contributed by atoms with Gasteiger partial charge >= 0.3 is 0 Å². The molecule has 0 rings (SSSR count). The highest BCUT2D eigenvalue weighted by molar-refractivity contribution is 5.75. The lowest BCUT2D eigenvalue weighted by atomic mass is 10.1. The van der Waals surface area contributed by atoms with Crippen molar-refractivity contribution in [3.05, 3.63) is 0 Å². The predicted molar refractivity (Wildman–Crippen MR) is 123 cm³/mol. The van der Waals surface area contributed by atoms with Crippen molar-refractivity contribution in [1.29, 1.82) is 0 Å². The molecule has 0 aromatic carbocycles. The van der Waals surface area contributed by atoms with Crippen molar-refractivity contribution in [3.63, 3.8) is 0 Å². The van der Waals surface area contributed by atoms with Crippen LogP contribution in [0.2, 0.25) is 0 Å². The third-order valence-electron chi connectivity index (χ3n) is 5.61. The second-order valence-electron chi connectivity index (χ2n) is 10.4. The number of unbranched alkanes of at least 4 members (excludes halogenated alkanes) is 9. The maximum Gasteiger partial charge on any atom is 0.219 e. The molecule has 0 saturated carbocycles. The van der Waals surface area contributed by atoms with Crippen LogP contribution in [-0.2, 0) is 4.79 Å². The number of nitrogens with zero attached hydrogens (tertiary/aromatic N) is 2. The van der Waals surface area contributed by atoms with Crippen molar-refractivity contribution in [1.82, 2.24) is 5.32 Å². The molecule has 168 valence electrons. The summed E-state index contributed by atoms with van der Waals surface area (Å²) >= 11 is 0. The minimum Gasteiger partial charge on any atom is -0.356 e. The van der Waals surface area contributed by atoms with Gasteiger partial charge in [-0.05, 0) is 6.42 Å². The zero-order chi connectivity index (χ0) is 21.3. The summed E-state index contributed by atoms with van der Waals surface area (Å²) in [5.41, 5.74) is 0. The molecular weight excluding hydrogens is 346 g/mol. The molecule has 0 heterocycles. The number of carbonyl (C=O) groups is 1. The molecule has 4 nitrogen and oxygen atoms in total. The van der Waals surface area contributed by atoms with E-state index in [1.807, 2.05) is 0 Å². The van der Waals surface area contributed by atoms with E-state index in [0.29, 0.717) is 6.42 Å². The van der Waals surface area contributed by atoms with E-state index in [4.69, 9.17) is 0 Å². The predicted octanol–water partition coefficient (Wildman–Crippen LogP) is 4.98. The molecule has 1 amide bonds. The number of nitrogens with one attached hydrogen (secondary N) is 1. The largest absolute Gasteiger partial charge is 0.356 e. The van der Waals surface area contributed by atoms with E-state index < -0.39 is 0 Å². The second-order valence-corrected chi connectivity index (χ2v) is 10.4. The highest BCUT2D eigenvalue weighted by Crippen LogP contribution is 2.10. The SMILES string of the molecule is CCCCCCCCCCCC(=O)NCCC[N+](C)(C)CCCC[N+](C)(C)C. The van der Waals surface area contributed by atoms with Crippen LogP contribution in [0.4, 0.5) is 0 Å². The van der Waals surface area contributed by atoms with Gasteiger partial charge in [-0.1, -0.05) is 58.3 Å². The Labute approximate surface area is 177 Å². The van der Waals surface area contributed by atoms with Gasteiger partial charge in [-0.15, -0.1) is 0 Å². The zero-order valence-corrected chi connectivity index (χ0v) is 20.3. The normalized spacial score (nSPS) is 12.4. The topological polar surface area (TPSA) is 29.1 Å². The molecule has 0 radical (unpaired) electrons. The monoisotopic (exact) mass is 399 g/mol. The maximum absolute atomic E-state index is 12.0. The lowest BCUT2D eigenvalue weighted by Crippen LogP contribution is -2.43. The van der Waals surface area contributed by atoms with Gasteiger partial charge in [-0.25, -0.2) is 0 Å². The van der Waals surface area contributed by atoms with Gasteiger partial charge in [0.05, 0.1) is 54.9 Å². The molecule has 0 aromatic heterocycles. The second kappa shape index (κ2) is 16.2. The van der Waals surface area contributed by atoms with Gasteiger partial charge in [0.15, 0.2) is 0 Å². The van der Waals surface area contributed by atoms with Crippen molar-refractivity contribution in [2.24, 2.45) is 0 Å². The summed E-state index contributed by atoms with van der Waals surface area (Å²) < 4.78 is 2.11. The fourth-order valence-corrected chi connectivity index (χ4v) is 3.66. The summed E-state index contributed by atoms with van der Waals surface area (Å²) in [6.45, 7) is 6.71. The Kier molecular flexibility index (Phi) is 15.9. The smallest absolute Gasteiger partial charge is 0.219 e. The van der Waals surface area contributed by atoms with Crippen molar-refractivity contribution in [2.45, 2.75) is 90.4 Å². The fraction of sp³-hybridized carbons (Fsp3) is 0.958. The number of rotatable bonds is 19. The van der Waals surface area contributed by atoms with Crippen molar-refractivity contribution < 1.29 is 13.8 Å². The number of hydrogen-bond donors (Lipinski definition) is 1. The van der Waals surface area contributed by atoms with E-state index in [0.717, 1.165) is 34.9 Å². The Morgan fingerprint density at radius 1 is 0.643 bits per heavy atom. The van der Waals surface area contributed by atoms with Crippen LogP contribution < -0.4 is 5.32 Å². The quantitative estimate of drug-likeness (QED) is 0.241. The molecule has 0 aliphatic heterocycles. The Hall–Kier alpha value is -0.610. The molecule has 0 fully saturated rings. The van der Waals surface area contributed by atoms with Crippen molar-refractivity contribution >= 4 is 5.91 Å². The lowest BCUT2D eigenvalue weighted by Gasteiger charge is -2.30. The maximum atomic E-state index is 12.0. The van der Waals surface area contributed by atoms with Gasteiger partial charge in [0.2, 0.25) is 5.91 Å². The van der Waals surface area contributed by atoms with Gasteiger partial charge in [0, 0.05) is 32.2 Å².